The number of aromatic nitrogens is 2. The zero-order valence-corrected chi connectivity index (χ0v) is 14.5. The molecule has 0 saturated heterocycles. The number of rotatable bonds is 7. The number of carbonyl (C=O) groups excluding carboxylic acids is 1. The van der Waals surface area contributed by atoms with Crippen molar-refractivity contribution < 1.29 is 9.53 Å². The highest BCUT2D eigenvalue weighted by Gasteiger charge is 2.07. The molecule has 0 saturated carbocycles. The van der Waals surface area contributed by atoms with Crippen LogP contribution in [0.5, 0.6) is 5.75 Å². The highest BCUT2D eigenvalue weighted by molar-refractivity contribution is 5.94. The molecule has 2 N–H and O–H groups in total. The van der Waals surface area contributed by atoms with Gasteiger partial charge in [0.05, 0.1) is 5.69 Å². The lowest BCUT2D eigenvalue weighted by Crippen LogP contribution is -2.30. The van der Waals surface area contributed by atoms with Crippen molar-refractivity contribution in [1.82, 2.24) is 20.0 Å². The van der Waals surface area contributed by atoms with Crippen LogP contribution in [0, 0.1) is 6.92 Å². The fourth-order valence-electron chi connectivity index (χ4n) is 2.51. The number of nitrogens with zero attached hydrogens (tertiary/aromatic N) is 2. The van der Waals surface area contributed by atoms with Crippen molar-refractivity contribution in [2.75, 3.05) is 20.1 Å². The maximum Gasteiger partial charge on any atom is 0.251 e. The van der Waals surface area contributed by atoms with Crippen molar-refractivity contribution in [3.63, 3.8) is 0 Å². The van der Waals surface area contributed by atoms with Crippen LogP contribution in [0.4, 0.5) is 0 Å². The number of fused-ring (bicyclic) bond motifs is 1. The van der Waals surface area contributed by atoms with Crippen LogP contribution in [0.15, 0.2) is 48.8 Å². The van der Waals surface area contributed by atoms with Crippen molar-refractivity contribution in [3.05, 3.63) is 65.6 Å². The van der Waals surface area contributed by atoms with Gasteiger partial charge >= 0.3 is 0 Å². The summed E-state index contributed by atoms with van der Waals surface area (Å²) in [6.07, 6.45) is 3.98. The summed E-state index contributed by atoms with van der Waals surface area (Å²) < 4.78 is 7.79. The lowest BCUT2D eigenvalue weighted by atomic mass is 10.2. The van der Waals surface area contributed by atoms with Gasteiger partial charge in [0.1, 0.15) is 18.0 Å². The summed E-state index contributed by atoms with van der Waals surface area (Å²) in [5.74, 6) is 0.540. The van der Waals surface area contributed by atoms with E-state index >= 15 is 0 Å². The van der Waals surface area contributed by atoms with E-state index in [4.69, 9.17) is 4.74 Å². The van der Waals surface area contributed by atoms with Crippen LogP contribution >= 0.6 is 0 Å². The lowest BCUT2D eigenvalue weighted by molar-refractivity contribution is 0.0953. The summed E-state index contributed by atoms with van der Waals surface area (Å²) in [6.45, 7) is 3.71. The number of ether oxygens (including phenoxy) is 1. The van der Waals surface area contributed by atoms with Gasteiger partial charge in [0.2, 0.25) is 0 Å². The van der Waals surface area contributed by atoms with Gasteiger partial charge in [-0.3, -0.25) is 4.79 Å². The molecule has 0 radical (unpaired) electrons. The predicted octanol–water partition coefficient (Wildman–Crippen LogP) is 2.17. The van der Waals surface area contributed by atoms with Gasteiger partial charge in [-0.25, -0.2) is 4.98 Å². The number of pyridine rings is 1. The van der Waals surface area contributed by atoms with E-state index in [0.29, 0.717) is 24.5 Å². The molecule has 2 aromatic heterocycles. The number of hydrogen-bond donors (Lipinski definition) is 2. The van der Waals surface area contributed by atoms with E-state index in [1.165, 1.54) is 5.56 Å². The molecule has 1 amide bonds. The summed E-state index contributed by atoms with van der Waals surface area (Å²) in [5.41, 5.74) is 3.49. The molecule has 130 valence electrons. The molecule has 0 fully saturated rings. The Bertz CT molecular complexity index is 873. The smallest absolute Gasteiger partial charge is 0.251 e. The number of imidazole rings is 1. The first-order chi connectivity index (χ1) is 12.2. The lowest BCUT2D eigenvalue weighted by Gasteiger charge is -2.08. The van der Waals surface area contributed by atoms with E-state index in [9.17, 15) is 4.79 Å². The average Bonchev–Trinajstić information content (AvgIpc) is 3.02. The third kappa shape index (κ3) is 4.36. The van der Waals surface area contributed by atoms with Gasteiger partial charge in [0, 0.05) is 31.0 Å². The number of carbonyl (C=O) groups is 1. The van der Waals surface area contributed by atoms with Crippen LogP contribution in [0.2, 0.25) is 0 Å². The Morgan fingerprint density at radius 2 is 2.08 bits per heavy atom. The predicted molar refractivity (Wildman–Crippen MR) is 97.0 cm³/mol. The van der Waals surface area contributed by atoms with E-state index < -0.39 is 0 Å². The normalized spacial score (nSPS) is 10.8. The topological polar surface area (TPSA) is 67.7 Å². The Labute approximate surface area is 146 Å². The largest absolute Gasteiger partial charge is 0.487 e. The van der Waals surface area contributed by atoms with Gasteiger partial charge in [-0.15, -0.1) is 0 Å². The quantitative estimate of drug-likeness (QED) is 0.648. The maximum absolute atomic E-state index is 12.1. The summed E-state index contributed by atoms with van der Waals surface area (Å²) in [4.78, 5) is 16.6. The van der Waals surface area contributed by atoms with Crippen molar-refractivity contribution in [3.8, 4) is 5.75 Å². The van der Waals surface area contributed by atoms with Gasteiger partial charge < -0.3 is 19.8 Å². The molecule has 0 spiro atoms. The highest BCUT2D eigenvalue weighted by atomic mass is 16.5. The molecular formula is C19H22N4O2. The van der Waals surface area contributed by atoms with Crippen molar-refractivity contribution in [2.24, 2.45) is 0 Å². The second kappa shape index (κ2) is 7.81. The average molecular weight is 338 g/mol. The first kappa shape index (κ1) is 17.0. The van der Waals surface area contributed by atoms with Crippen LogP contribution in [-0.2, 0) is 6.61 Å². The number of amides is 1. The van der Waals surface area contributed by atoms with E-state index in [1.807, 2.05) is 55.0 Å². The molecule has 6 nitrogen and oxygen atoms in total. The summed E-state index contributed by atoms with van der Waals surface area (Å²) in [7, 11) is 1.85. The van der Waals surface area contributed by atoms with Crippen LogP contribution in [0.25, 0.3) is 5.65 Å². The molecule has 2 heterocycles. The van der Waals surface area contributed by atoms with E-state index in [1.54, 1.807) is 12.1 Å². The number of nitrogens with one attached hydrogen (secondary N) is 2. The van der Waals surface area contributed by atoms with Crippen molar-refractivity contribution in [2.45, 2.75) is 13.5 Å². The Morgan fingerprint density at radius 3 is 2.92 bits per heavy atom. The zero-order valence-electron chi connectivity index (χ0n) is 14.5. The molecule has 0 atom stereocenters. The molecule has 25 heavy (non-hydrogen) atoms. The van der Waals surface area contributed by atoms with Crippen LogP contribution in [0.1, 0.15) is 21.6 Å². The third-order valence-corrected chi connectivity index (χ3v) is 3.79. The van der Waals surface area contributed by atoms with E-state index in [2.05, 4.69) is 15.6 Å². The molecule has 0 aliphatic heterocycles. The minimum absolute atomic E-state index is 0.107. The standard InChI is InChI=1S/C19H22N4O2/c1-14-6-7-18-22-16(12-23(18)11-14)13-25-17-5-3-4-15(10-17)19(24)21-9-8-20-2/h3-7,10-12,20H,8-9,13H2,1-2H3,(H,21,24). The van der Waals surface area contributed by atoms with E-state index in [0.717, 1.165) is 17.9 Å². The van der Waals surface area contributed by atoms with Crippen LogP contribution < -0.4 is 15.4 Å². The molecule has 1 aromatic carbocycles. The molecule has 0 aliphatic carbocycles. The molecule has 0 unspecified atom stereocenters. The molecule has 3 aromatic rings. The number of benzene rings is 1. The minimum Gasteiger partial charge on any atom is -0.487 e. The van der Waals surface area contributed by atoms with Gasteiger partial charge in [-0.05, 0) is 43.8 Å². The SMILES string of the molecule is CNCCNC(=O)c1cccc(OCc2cn3cc(C)ccc3n2)c1. The number of likely N-dealkylation sites (N-methyl/N-ethyl adjacent to an activating group) is 1. The van der Waals surface area contributed by atoms with Crippen molar-refractivity contribution in [1.29, 1.82) is 0 Å². The Kier molecular flexibility index (Phi) is 5.30. The molecule has 6 heteroatoms. The Balaban J connectivity index is 1.64. The summed E-state index contributed by atoms with van der Waals surface area (Å²) in [5, 5.41) is 5.84. The second-order valence-electron chi connectivity index (χ2n) is 5.88. The Hall–Kier alpha value is -2.86. The highest BCUT2D eigenvalue weighted by Crippen LogP contribution is 2.16. The number of hydrogen-bond acceptors (Lipinski definition) is 4. The third-order valence-electron chi connectivity index (χ3n) is 3.79. The summed E-state index contributed by atoms with van der Waals surface area (Å²) in [6, 6.07) is 11.2. The molecular weight excluding hydrogens is 316 g/mol. The van der Waals surface area contributed by atoms with Crippen LogP contribution in [0.3, 0.4) is 0 Å². The monoisotopic (exact) mass is 338 g/mol. The molecule has 3 rings (SSSR count). The van der Waals surface area contributed by atoms with Crippen molar-refractivity contribution >= 4 is 11.6 Å². The van der Waals surface area contributed by atoms with Gasteiger partial charge in [-0.2, -0.15) is 0 Å². The molecule has 0 bridgehead atoms. The first-order valence-electron chi connectivity index (χ1n) is 8.25. The minimum atomic E-state index is -0.107. The Morgan fingerprint density at radius 1 is 1.20 bits per heavy atom. The van der Waals surface area contributed by atoms with E-state index in [-0.39, 0.29) is 5.91 Å². The second-order valence-corrected chi connectivity index (χ2v) is 5.88. The van der Waals surface area contributed by atoms with Gasteiger partial charge in [-0.1, -0.05) is 12.1 Å². The van der Waals surface area contributed by atoms with Gasteiger partial charge in [0.15, 0.2) is 0 Å². The van der Waals surface area contributed by atoms with Crippen LogP contribution in [-0.4, -0.2) is 35.4 Å². The maximum atomic E-state index is 12.1. The fourth-order valence-corrected chi connectivity index (χ4v) is 2.51. The summed E-state index contributed by atoms with van der Waals surface area (Å²) >= 11 is 0. The fraction of sp³-hybridized carbons (Fsp3) is 0.263. The molecule has 0 aliphatic rings. The first-order valence-corrected chi connectivity index (χ1v) is 8.25. The zero-order chi connectivity index (χ0) is 17.6. The van der Waals surface area contributed by atoms with Gasteiger partial charge in [0.25, 0.3) is 5.91 Å². The number of aryl methyl sites for hydroxylation is 1.